The van der Waals surface area contributed by atoms with Crippen molar-refractivity contribution in [3.63, 3.8) is 0 Å². The van der Waals surface area contributed by atoms with Gasteiger partial charge in [0.1, 0.15) is 5.82 Å². The number of hydrogen-bond donors (Lipinski definition) is 2. The van der Waals surface area contributed by atoms with Crippen LogP contribution in [-0.2, 0) is 13.1 Å². The fourth-order valence-corrected chi connectivity index (χ4v) is 3.79. The lowest BCUT2D eigenvalue weighted by Gasteiger charge is -2.25. The Labute approximate surface area is 125 Å². The van der Waals surface area contributed by atoms with Gasteiger partial charge in [-0.15, -0.1) is 11.3 Å². The van der Waals surface area contributed by atoms with E-state index in [2.05, 4.69) is 53.9 Å². The van der Waals surface area contributed by atoms with Gasteiger partial charge in [0.05, 0.1) is 5.69 Å². The van der Waals surface area contributed by atoms with Gasteiger partial charge in [0.2, 0.25) is 0 Å². The van der Waals surface area contributed by atoms with Crippen LogP contribution in [0.25, 0.3) is 0 Å². The average molecular weight is 341 g/mol. The van der Waals surface area contributed by atoms with Crippen molar-refractivity contribution < 1.29 is 0 Å². The minimum Gasteiger partial charge on any atom is -0.370 e. The molecule has 0 saturated carbocycles. The van der Waals surface area contributed by atoms with Gasteiger partial charge >= 0.3 is 0 Å². The minimum atomic E-state index is 0.593. The van der Waals surface area contributed by atoms with Crippen molar-refractivity contribution >= 4 is 33.1 Å². The van der Waals surface area contributed by atoms with Crippen LogP contribution in [0.1, 0.15) is 10.6 Å². The van der Waals surface area contributed by atoms with E-state index in [1.165, 1.54) is 9.35 Å². The number of fused-ring (bicyclic) bond motifs is 1. The Morgan fingerprint density at radius 3 is 3.26 bits per heavy atom. The Bertz CT molecular complexity index is 563. The molecule has 2 aromatic heterocycles. The fourth-order valence-electron chi connectivity index (χ4n) is 2.37. The maximum atomic E-state index is 4.49. The molecule has 4 nitrogen and oxygen atoms in total. The van der Waals surface area contributed by atoms with Crippen LogP contribution in [0.15, 0.2) is 22.0 Å². The van der Waals surface area contributed by atoms with Crippen LogP contribution in [0.5, 0.6) is 0 Å². The smallest absolute Gasteiger partial charge is 0.124 e. The molecule has 0 aromatic carbocycles. The minimum absolute atomic E-state index is 0.593. The SMILES string of the molecule is Cc1cc2n(n1)C[C@@H](CNCc1cc(Br)cs1)CN2. The van der Waals surface area contributed by atoms with E-state index in [4.69, 9.17) is 0 Å². The predicted octanol–water partition coefficient (Wildman–Crippen LogP) is 2.85. The molecule has 0 radical (unpaired) electrons. The third-order valence-corrected chi connectivity index (χ3v) is 4.96. The molecule has 3 heterocycles. The van der Waals surface area contributed by atoms with E-state index >= 15 is 0 Å². The maximum absolute atomic E-state index is 4.49. The number of aryl methyl sites for hydroxylation is 1. The Kier molecular flexibility index (Phi) is 3.91. The van der Waals surface area contributed by atoms with E-state index in [1.54, 1.807) is 11.3 Å². The van der Waals surface area contributed by atoms with Crippen molar-refractivity contribution in [1.82, 2.24) is 15.1 Å². The molecule has 102 valence electrons. The molecule has 1 aliphatic heterocycles. The van der Waals surface area contributed by atoms with Crippen LogP contribution >= 0.6 is 27.3 Å². The van der Waals surface area contributed by atoms with E-state index in [0.717, 1.165) is 37.7 Å². The number of rotatable bonds is 4. The van der Waals surface area contributed by atoms with E-state index < -0.39 is 0 Å². The van der Waals surface area contributed by atoms with Gasteiger partial charge < -0.3 is 10.6 Å². The number of aromatic nitrogens is 2. The Morgan fingerprint density at radius 2 is 2.47 bits per heavy atom. The van der Waals surface area contributed by atoms with Gasteiger partial charge in [0.15, 0.2) is 0 Å². The first kappa shape index (κ1) is 13.1. The predicted molar refractivity (Wildman–Crippen MR) is 82.7 cm³/mol. The standard InChI is InChI=1S/C13H17BrN4S/c1-9-2-13-16-5-10(7-18(13)17-9)4-15-6-12-3-11(14)8-19-12/h2-3,8,10,15-16H,4-7H2,1H3/t10-/m0/s1. The molecule has 0 spiro atoms. The van der Waals surface area contributed by atoms with E-state index in [9.17, 15) is 0 Å². The quantitative estimate of drug-likeness (QED) is 0.899. The van der Waals surface area contributed by atoms with Gasteiger partial charge in [-0.25, -0.2) is 4.68 Å². The van der Waals surface area contributed by atoms with E-state index in [1.807, 2.05) is 6.92 Å². The summed E-state index contributed by atoms with van der Waals surface area (Å²) in [7, 11) is 0. The van der Waals surface area contributed by atoms with Crippen molar-refractivity contribution in [2.45, 2.75) is 20.0 Å². The monoisotopic (exact) mass is 340 g/mol. The largest absolute Gasteiger partial charge is 0.370 e. The number of anilines is 1. The van der Waals surface area contributed by atoms with Gasteiger partial charge in [-0.1, -0.05) is 0 Å². The van der Waals surface area contributed by atoms with Crippen molar-refractivity contribution in [2.75, 3.05) is 18.4 Å². The molecule has 3 rings (SSSR count). The van der Waals surface area contributed by atoms with Gasteiger partial charge in [0.25, 0.3) is 0 Å². The molecule has 6 heteroatoms. The summed E-state index contributed by atoms with van der Waals surface area (Å²) in [6, 6.07) is 4.28. The first-order chi connectivity index (χ1) is 9.20. The van der Waals surface area contributed by atoms with Gasteiger partial charge in [0, 0.05) is 52.9 Å². The maximum Gasteiger partial charge on any atom is 0.124 e. The summed E-state index contributed by atoms with van der Waals surface area (Å²) >= 11 is 5.27. The molecule has 0 bridgehead atoms. The van der Waals surface area contributed by atoms with Gasteiger partial charge in [-0.2, -0.15) is 5.10 Å². The van der Waals surface area contributed by atoms with Crippen molar-refractivity contribution in [1.29, 1.82) is 0 Å². The highest BCUT2D eigenvalue weighted by molar-refractivity contribution is 9.10. The highest BCUT2D eigenvalue weighted by Crippen LogP contribution is 2.20. The number of nitrogens with zero attached hydrogens (tertiary/aromatic N) is 2. The summed E-state index contributed by atoms with van der Waals surface area (Å²) in [5.74, 6) is 1.74. The molecule has 0 amide bonds. The van der Waals surface area contributed by atoms with Crippen LogP contribution < -0.4 is 10.6 Å². The van der Waals surface area contributed by atoms with Gasteiger partial charge in [-0.3, -0.25) is 0 Å². The highest BCUT2D eigenvalue weighted by Gasteiger charge is 2.18. The number of hydrogen-bond acceptors (Lipinski definition) is 4. The number of nitrogens with one attached hydrogen (secondary N) is 2. The lowest BCUT2D eigenvalue weighted by molar-refractivity contribution is 0.391. The van der Waals surface area contributed by atoms with Crippen LogP contribution in [-0.4, -0.2) is 22.9 Å². The lowest BCUT2D eigenvalue weighted by atomic mass is 10.1. The summed E-state index contributed by atoms with van der Waals surface area (Å²) in [4.78, 5) is 1.37. The van der Waals surface area contributed by atoms with Crippen molar-refractivity contribution in [2.24, 2.45) is 5.92 Å². The fraction of sp³-hybridized carbons (Fsp3) is 0.462. The van der Waals surface area contributed by atoms with Crippen molar-refractivity contribution in [3.8, 4) is 0 Å². The summed E-state index contributed by atoms with van der Waals surface area (Å²) < 4.78 is 3.25. The molecular formula is C13H17BrN4S. The van der Waals surface area contributed by atoms with E-state index in [0.29, 0.717) is 5.92 Å². The molecule has 1 aliphatic rings. The molecular weight excluding hydrogens is 324 g/mol. The Balaban J connectivity index is 1.49. The molecule has 2 aromatic rings. The molecule has 0 aliphatic carbocycles. The summed E-state index contributed by atoms with van der Waals surface area (Å²) in [6.07, 6.45) is 0. The van der Waals surface area contributed by atoms with Crippen molar-refractivity contribution in [3.05, 3.63) is 32.6 Å². The average Bonchev–Trinajstić information content (AvgIpc) is 2.94. The zero-order valence-electron chi connectivity index (χ0n) is 10.8. The lowest BCUT2D eigenvalue weighted by Crippen LogP contribution is -2.35. The van der Waals surface area contributed by atoms with Crippen LogP contribution in [0.2, 0.25) is 0 Å². The second kappa shape index (κ2) is 5.64. The molecule has 0 fully saturated rings. The topological polar surface area (TPSA) is 41.9 Å². The normalized spacial score (nSPS) is 18.1. The molecule has 1 atom stereocenters. The Hall–Kier alpha value is -0.850. The highest BCUT2D eigenvalue weighted by atomic mass is 79.9. The molecule has 2 N–H and O–H groups in total. The zero-order chi connectivity index (χ0) is 13.2. The summed E-state index contributed by atoms with van der Waals surface area (Å²) in [5, 5.41) is 13.6. The molecule has 0 unspecified atom stereocenters. The number of halogens is 1. The number of thiophene rings is 1. The first-order valence-electron chi connectivity index (χ1n) is 6.42. The van der Waals surface area contributed by atoms with Crippen LogP contribution in [0, 0.1) is 12.8 Å². The summed E-state index contributed by atoms with van der Waals surface area (Å²) in [5.41, 5.74) is 1.08. The second-order valence-corrected chi connectivity index (χ2v) is 6.87. The van der Waals surface area contributed by atoms with Crippen LogP contribution in [0.3, 0.4) is 0 Å². The van der Waals surface area contributed by atoms with E-state index in [-0.39, 0.29) is 0 Å². The zero-order valence-corrected chi connectivity index (χ0v) is 13.2. The third-order valence-electron chi connectivity index (χ3n) is 3.26. The second-order valence-electron chi connectivity index (χ2n) is 4.96. The molecule has 0 saturated heterocycles. The Morgan fingerprint density at radius 1 is 1.58 bits per heavy atom. The summed E-state index contributed by atoms with van der Waals surface area (Å²) in [6.45, 7) is 6.01. The van der Waals surface area contributed by atoms with Gasteiger partial charge in [-0.05, 0) is 28.9 Å². The first-order valence-corrected chi connectivity index (χ1v) is 8.10. The molecule has 19 heavy (non-hydrogen) atoms. The third kappa shape index (κ3) is 3.19. The van der Waals surface area contributed by atoms with Crippen LogP contribution in [0.4, 0.5) is 5.82 Å².